The number of aromatic nitrogens is 4. The van der Waals surface area contributed by atoms with Gasteiger partial charge in [0.25, 0.3) is 0 Å². The maximum absolute atomic E-state index is 4.43. The molecule has 3 rings (SSSR count). The van der Waals surface area contributed by atoms with Gasteiger partial charge in [0, 0.05) is 35.7 Å². The molecular formula is C17H23N5. The van der Waals surface area contributed by atoms with Crippen molar-refractivity contribution in [1.82, 2.24) is 24.8 Å². The van der Waals surface area contributed by atoms with E-state index in [-0.39, 0.29) is 0 Å². The Hall–Kier alpha value is -1.88. The van der Waals surface area contributed by atoms with Gasteiger partial charge < -0.3 is 0 Å². The van der Waals surface area contributed by atoms with Crippen LogP contribution in [0.4, 0.5) is 0 Å². The largest absolute Gasteiger partial charge is 0.298 e. The van der Waals surface area contributed by atoms with E-state index < -0.39 is 0 Å². The Morgan fingerprint density at radius 2 is 2.00 bits per heavy atom. The molecule has 0 aliphatic carbocycles. The van der Waals surface area contributed by atoms with Crippen molar-refractivity contribution in [2.45, 2.75) is 51.6 Å². The fourth-order valence-electron chi connectivity index (χ4n) is 3.29. The SMILES string of the molecule is CC(C)N1CCC[C@H]1CCc1cc(-c2cncnc2)ncn1. The third kappa shape index (κ3) is 3.47. The molecule has 1 atom stereocenters. The summed E-state index contributed by atoms with van der Waals surface area (Å²) in [5.41, 5.74) is 2.94. The van der Waals surface area contributed by atoms with Gasteiger partial charge in [-0.15, -0.1) is 0 Å². The molecule has 0 N–H and O–H groups in total. The zero-order chi connectivity index (χ0) is 15.4. The second-order valence-corrected chi connectivity index (χ2v) is 6.19. The number of hydrogen-bond acceptors (Lipinski definition) is 5. The average molecular weight is 297 g/mol. The van der Waals surface area contributed by atoms with E-state index in [1.54, 1.807) is 18.7 Å². The molecule has 2 aromatic rings. The van der Waals surface area contributed by atoms with Crippen LogP contribution in [0, 0.1) is 0 Å². The quantitative estimate of drug-likeness (QED) is 0.849. The van der Waals surface area contributed by atoms with Gasteiger partial charge in [0.1, 0.15) is 12.7 Å². The van der Waals surface area contributed by atoms with Crippen molar-refractivity contribution in [2.75, 3.05) is 6.54 Å². The summed E-state index contributed by atoms with van der Waals surface area (Å²) in [6.07, 6.45) is 11.5. The Labute approximate surface area is 131 Å². The van der Waals surface area contributed by atoms with E-state index in [1.165, 1.54) is 32.1 Å². The van der Waals surface area contributed by atoms with Crippen LogP contribution in [0.3, 0.4) is 0 Å². The lowest BCUT2D eigenvalue weighted by atomic mass is 10.1. The molecule has 0 saturated carbocycles. The van der Waals surface area contributed by atoms with Crippen LogP contribution in [0.25, 0.3) is 11.3 Å². The van der Waals surface area contributed by atoms with Crippen molar-refractivity contribution in [3.8, 4) is 11.3 Å². The second-order valence-electron chi connectivity index (χ2n) is 6.19. The van der Waals surface area contributed by atoms with Gasteiger partial charge in [-0.2, -0.15) is 0 Å². The lowest BCUT2D eigenvalue weighted by Gasteiger charge is -2.28. The van der Waals surface area contributed by atoms with Gasteiger partial charge in [-0.3, -0.25) is 4.90 Å². The van der Waals surface area contributed by atoms with Crippen molar-refractivity contribution >= 4 is 0 Å². The minimum Gasteiger partial charge on any atom is -0.298 e. The molecule has 1 aliphatic rings. The summed E-state index contributed by atoms with van der Waals surface area (Å²) >= 11 is 0. The van der Waals surface area contributed by atoms with E-state index >= 15 is 0 Å². The standard InChI is InChI=1S/C17H23N5/c1-13(2)22-7-3-4-16(22)6-5-15-8-17(21-12-20-15)14-9-18-11-19-10-14/h8-13,16H,3-7H2,1-2H3/t16-/m0/s1. The summed E-state index contributed by atoms with van der Waals surface area (Å²) in [6, 6.07) is 3.39. The lowest BCUT2D eigenvalue weighted by molar-refractivity contribution is 0.195. The normalized spacial score (nSPS) is 19.0. The Kier molecular flexibility index (Phi) is 4.73. The predicted molar refractivity (Wildman–Crippen MR) is 86.2 cm³/mol. The van der Waals surface area contributed by atoms with Crippen LogP contribution in [0.1, 0.15) is 38.8 Å². The van der Waals surface area contributed by atoms with Crippen LogP contribution in [0.2, 0.25) is 0 Å². The lowest BCUT2D eigenvalue weighted by Crippen LogP contribution is -2.35. The molecule has 0 unspecified atom stereocenters. The number of likely N-dealkylation sites (tertiary alicyclic amines) is 1. The molecule has 116 valence electrons. The highest BCUT2D eigenvalue weighted by molar-refractivity contribution is 5.56. The van der Waals surface area contributed by atoms with Crippen molar-refractivity contribution in [3.63, 3.8) is 0 Å². The topological polar surface area (TPSA) is 54.8 Å². The molecule has 0 spiro atoms. The van der Waals surface area contributed by atoms with Crippen LogP contribution in [-0.4, -0.2) is 43.5 Å². The summed E-state index contributed by atoms with van der Waals surface area (Å²) in [4.78, 5) is 19.5. The highest BCUT2D eigenvalue weighted by atomic mass is 15.2. The van der Waals surface area contributed by atoms with Crippen LogP contribution in [-0.2, 0) is 6.42 Å². The van der Waals surface area contributed by atoms with Crippen LogP contribution in [0.15, 0.2) is 31.1 Å². The third-order valence-corrected chi connectivity index (χ3v) is 4.40. The van der Waals surface area contributed by atoms with Crippen molar-refractivity contribution in [1.29, 1.82) is 0 Å². The van der Waals surface area contributed by atoms with Crippen LogP contribution < -0.4 is 0 Å². The van der Waals surface area contributed by atoms with Gasteiger partial charge in [-0.25, -0.2) is 19.9 Å². The van der Waals surface area contributed by atoms with E-state index in [0.29, 0.717) is 12.1 Å². The van der Waals surface area contributed by atoms with Gasteiger partial charge in [-0.1, -0.05) is 0 Å². The summed E-state index contributed by atoms with van der Waals surface area (Å²) < 4.78 is 0. The molecule has 22 heavy (non-hydrogen) atoms. The zero-order valence-electron chi connectivity index (χ0n) is 13.3. The average Bonchev–Trinajstić information content (AvgIpc) is 3.03. The Morgan fingerprint density at radius 3 is 2.77 bits per heavy atom. The first kappa shape index (κ1) is 15.0. The summed E-state index contributed by atoms with van der Waals surface area (Å²) in [6.45, 7) is 5.81. The van der Waals surface area contributed by atoms with Crippen molar-refractivity contribution < 1.29 is 0 Å². The van der Waals surface area contributed by atoms with Crippen LogP contribution >= 0.6 is 0 Å². The first-order valence-corrected chi connectivity index (χ1v) is 8.06. The van der Waals surface area contributed by atoms with Gasteiger partial charge in [-0.05, 0) is 52.1 Å². The molecule has 0 amide bonds. The fraction of sp³-hybridized carbons (Fsp3) is 0.529. The molecule has 0 radical (unpaired) electrons. The summed E-state index contributed by atoms with van der Waals surface area (Å²) in [5, 5.41) is 0. The molecule has 0 bridgehead atoms. The molecule has 5 nitrogen and oxygen atoms in total. The number of hydrogen-bond donors (Lipinski definition) is 0. The molecular weight excluding hydrogens is 274 g/mol. The van der Waals surface area contributed by atoms with Gasteiger partial charge in [0.2, 0.25) is 0 Å². The molecule has 1 aliphatic heterocycles. The molecule has 0 aromatic carbocycles. The molecule has 2 aromatic heterocycles. The first-order chi connectivity index (χ1) is 10.7. The smallest absolute Gasteiger partial charge is 0.116 e. The van der Waals surface area contributed by atoms with E-state index in [2.05, 4.69) is 44.7 Å². The zero-order valence-corrected chi connectivity index (χ0v) is 13.3. The maximum Gasteiger partial charge on any atom is 0.116 e. The van der Waals surface area contributed by atoms with E-state index in [9.17, 15) is 0 Å². The van der Waals surface area contributed by atoms with Gasteiger partial charge in [0.15, 0.2) is 0 Å². The van der Waals surface area contributed by atoms with Gasteiger partial charge in [0.05, 0.1) is 5.69 Å². The van der Waals surface area contributed by atoms with E-state index in [1.807, 2.05) is 0 Å². The summed E-state index contributed by atoms with van der Waals surface area (Å²) in [7, 11) is 0. The van der Waals surface area contributed by atoms with Crippen molar-refractivity contribution in [2.24, 2.45) is 0 Å². The monoisotopic (exact) mass is 297 g/mol. The van der Waals surface area contributed by atoms with Crippen LogP contribution in [0.5, 0.6) is 0 Å². The first-order valence-electron chi connectivity index (χ1n) is 8.06. The Morgan fingerprint density at radius 1 is 1.18 bits per heavy atom. The van der Waals surface area contributed by atoms with Crippen molar-refractivity contribution in [3.05, 3.63) is 36.8 Å². The molecule has 3 heterocycles. The number of rotatable bonds is 5. The number of nitrogens with zero attached hydrogens (tertiary/aromatic N) is 5. The highest BCUT2D eigenvalue weighted by Crippen LogP contribution is 2.24. The minimum absolute atomic E-state index is 0.634. The second kappa shape index (κ2) is 6.92. The summed E-state index contributed by atoms with van der Waals surface area (Å²) in [5.74, 6) is 0. The molecule has 1 fully saturated rings. The molecule has 1 saturated heterocycles. The minimum atomic E-state index is 0.634. The highest BCUT2D eigenvalue weighted by Gasteiger charge is 2.26. The Balaban J connectivity index is 1.66. The predicted octanol–water partition coefficient (Wildman–Crippen LogP) is 2.74. The molecule has 5 heteroatoms. The maximum atomic E-state index is 4.43. The number of aryl methyl sites for hydroxylation is 1. The van der Waals surface area contributed by atoms with Gasteiger partial charge >= 0.3 is 0 Å². The van der Waals surface area contributed by atoms with E-state index in [4.69, 9.17) is 0 Å². The Bertz CT molecular complexity index is 599. The fourth-order valence-corrected chi connectivity index (χ4v) is 3.29. The third-order valence-electron chi connectivity index (χ3n) is 4.40. The van der Waals surface area contributed by atoms with E-state index in [0.717, 1.165) is 23.4 Å².